The van der Waals surface area contributed by atoms with Crippen LogP contribution in [0.5, 0.6) is 5.75 Å². The Morgan fingerprint density at radius 1 is 1.47 bits per heavy atom. The minimum absolute atomic E-state index is 0.344. The van der Waals surface area contributed by atoms with Crippen LogP contribution in [-0.2, 0) is 0 Å². The minimum atomic E-state index is 0.344. The molecule has 1 aliphatic heterocycles. The van der Waals surface area contributed by atoms with Gasteiger partial charge in [-0.2, -0.15) is 4.98 Å². The SMILES string of the molecule is CCOc1cccc(-c2noc(C3CCNC3)n2)c1. The summed E-state index contributed by atoms with van der Waals surface area (Å²) in [5.74, 6) is 2.52. The number of ether oxygens (including phenoxy) is 1. The number of nitrogens with zero attached hydrogens (tertiary/aromatic N) is 2. The summed E-state index contributed by atoms with van der Waals surface area (Å²) in [4.78, 5) is 4.49. The van der Waals surface area contributed by atoms with Crippen molar-refractivity contribution in [3.8, 4) is 17.1 Å². The van der Waals surface area contributed by atoms with Gasteiger partial charge in [-0.05, 0) is 32.0 Å². The summed E-state index contributed by atoms with van der Waals surface area (Å²) in [6.45, 7) is 4.55. The predicted octanol–water partition coefficient (Wildman–Crippen LogP) is 2.21. The van der Waals surface area contributed by atoms with Gasteiger partial charge in [-0.1, -0.05) is 17.3 Å². The molecule has 2 aromatic rings. The van der Waals surface area contributed by atoms with Crippen LogP contribution in [0, 0.1) is 0 Å². The van der Waals surface area contributed by atoms with Gasteiger partial charge >= 0.3 is 0 Å². The molecule has 1 aromatic heterocycles. The van der Waals surface area contributed by atoms with Crippen molar-refractivity contribution in [3.05, 3.63) is 30.2 Å². The van der Waals surface area contributed by atoms with Crippen LogP contribution in [-0.4, -0.2) is 29.8 Å². The molecule has 3 rings (SSSR count). The smallest absolute Gasteiger partial charge is 0.231 e. The Bertz CT molecular complexity index is 547. The van der Waals surface area contributed by atoms with Crippen LogP contribution >= 0.6 is 0 Å². The van der Waals surface area contributed by atoms with Crippen molar-refractivity contribution in [2.75, 3.05) is 19.7 Å². The highest BCUT2D eigenvalue weighted by atomic mass is 16.5. The molecule has 5 nitrogen and oxygen atoms in total. The van der Waals surface area contributed by atoms with E-state index < -0.39 is 0 Å². The van der Waals surface area contributed by atoms with Crippen molar-refractivity contribution in [1.82, 2.24) is 15.5 Å². The average molecular weight is 259 g/mol. The molecule has 5 heteroatoms. The quantitative estimate of drug-likeness (QED) is 0.912. The summed E-state index contributed by atoms with van der Waals surface area (Å²) in [6, 6.07) is 7.76. The lowest BCUT2D eigenvalue weighted by Crippen LogP contribution is -2.08. The summed E-state index contributed by atoms with van der Waals surface area (Å²) < 4.78 is 10.8. The predicted molar refractivity (Wildman–Crippen MR) is 71.1 cm³/mol. The topological polar surface area (TPSA) is 60.2 Å². The number of nitrogens with one attached hydrogen (secondary N) is 1. The highest BCUT2D eigenvalue weighted by molar-refractivity contribution is 5.56. The molecule has 1 aliphatic rings. The fraction of sp³-hybridized carbons (Fsp3) is 0.429. The van der Waals surface area contributed by atoms with E-state index in [4.69, 9.17) is 9.26 Å². The number of benzene rings is 1. The monoisotopic (exact) mass is 259 g/mol. The van der Waals surface area contributed by atoms with Gasteiger partial charge in [0.2, 0.25) is 11.7 Å². The first kappa shape index (κ1) is 12.2. The Labute approximate surface area is 112 Å². The molecule has 1 aromatic carbocycles. The molecular formula is C14H17N3O2. The van der Waals surface area contributed by atoms with E-state index in [1.54, 1.807) is 0 Å². The minimum Gasteiger partial charge on any atom is -0.494 e. The van der Waals surface area contributed by atoms with Crippen LogP contribution in [0.4, 0.5) is 0 Å². The van der Waals surface area contributed by atoms with Crippen LogP contribution in [0.3, 0.4) is 0 Å². The molecule has 1 fully saturated rings. The van der Waals surface area contributed by atoms with Crippen molar-refractivity contribution >= 4 is 0 Å². The van der Waals surface area contributed by atoms with Gasteiger partial charge in [0.15, 0.2) is 0 Å². The second-order valence-electron chi connectivity index (χ2n) is 4.61. The fourth-order valence-electron chi connectivity index (χ4n) is 2.28. The molecule has 1 N–H and O–H groups in total. The number of hydrogen-bond acceptors (Lipinski definition) is 5. The molecular weight excluding hydrogens is 242 g/mol. The fourth-order valence-corrected chi connectivity index (χ4v) is 2.28. The summed E-state index contributed by atoms with van der Waals surface area (Å²) in [5.41, 5.74) is 0.923. The highest BCUT2D eigenvalue weighted by Crippen LogP contribution is 2.25. The summed E-state index contributed by atoms with van der Waals surface area (Å²) in [5, 5.41) is 7.36. The second kappa shape index (κ2) is 5.40. The largest absolute Gasteiger partial charge is 0.494 e. The van der Waals surface area contributed by atoms with Crippen molar-refractivity contribution in [1.29, 1.82) is 0 Å². The molecule has 1 unspecified atom stereocenters. The maximum Gasteiger partial charge on any atom is 0.231 e. The lowest BCUT2D eigenvalue weighted by molar-refractivity contribution is 0.340. The lowest BCUT2D eigenvalue weighted by Gasteiger charge is -2.03. The van der Waals surface area contributed by atoms with Gasteiger partial charge in [-0.25, -0.2) is 0 Å². The molecule has 0 spiro atoms. The van der Waals surface area contributed by atoms with Crippen LogP contribution in [0.1, 0.15) is 25.2 Å². The third kappa shape index (κ3) is 2.61. The Morgan fingerprint density at radius 2 is 2.42 bits per heavy atom. The van der Waals surface area contributed by atoms with E-state index in [-0.39, 0.29) is 0 Å². The van der Waals surface area contributed by atoms with Gasteiger partial charge in [-0.15, -0.1) is 0 Å². The molecule has 0 bridgehead atoms. The van der Waals surface area contributed by atoms with E-state index in [9.17, 15) is 0 Å². The molecule has 1 saturated heterocycles. The first-order valence-corrected chi connectivity index (χ1v) is 6.64. The summed E-state index contributed by atoms with van der Waals surface area (Å²) in [6.07, 6.45) is 1.06. The third-order valence-corrected chi connectivity index (χ3v) is 3.25. The van der Waals surface area contributed by atoms with E-state index in [0.29, 0.717) is 18.3 Å². The van der Waals surface area contributed by atoms with Crippen molar-refractivity contribution < 1.29 is 9.26 Å². The Kier molecular flexibility index (Phi) is 3.46. The molecule has 100 valence electrons. The van der Waals surface area contributed by atoms with Crippen LogP contribution < -0.4 is 10.1 Å². The molecule has 2 heterocycles. The maximum absolute atomic E-state index is 5.48. The molecule has 0 aliphatic carbocycles. The van der Waals surface area contributed by atoms with Crippen molar-refractivity contribution in [2.45, 2.75) is 19.3 Å². The van der Waals surface area contributed by atoms with Crippen LogP contribution in [0.15, 0.2) is 28.8 Å². The molecule has 1 atom stereocenters. The van der Waals surface area contributed by atoms with Crippen LogP contribution in [0.25, 0.3) is 11.4 Å². The standard InChI is InChI=1S/C14H17N3O2/c1-2-18-12-5-3-4-10(8-12)13-16-14(19-17-13)11-6-7-15-9-11/h3-5,8,11,15H,2,6-7,9H2,1H3. The zero-order valence-corrected chi connectivity index (χ0v) is 10.9. The highest BCUT2D eigenvalue weighted by Gasteiger charge is 2.23. The zero-order chi connectivity index (χ0) is 13.1. The lowest BCUT2D eigenvalue weighted by atomic mass is 10.1. The van der Waals surface area contributed by atoms with E-state index in [2.05, 4.69) is 15.5 Å². The Morgan fingerprint density at radius 3 is 3.21 bits per heavy atom. The van der Waals surface area contributed by atoms with Gasteiger partial charge in [0.1, 0.15) is 5.75 Å². The number of rotatable bonds is 4. The van der Waals surface area contributed by atoms with E-state index in [1.807, 2.05) is 31.2 Å². The summed E-state index contributed by atoms with van der Waals surface area (Å²) >= 11 is 0. The Hall–Kier alpha value is -1.88. The average Bonchev–Trinajstić information content (AvgIpc) is 3.11. The first-order valence-electron chi connectivity index (χ1n) is 6.64. The normalized spacial score (nSPS) is 18.7. The first-order chi connectivity index (χ1) is 9.36. The van der Waals surface area contributed by atoms with Crippen molar-refractivity contribution in [3.63, 3.8) is 0 Å². The Balaban J connectivity index is 1.83. The summed E-state index contributed by atoms with van der Waals surface area (Å²) in [7, 11) is 0. The van der Waals surface area contributed by atoms with E-state index in [0.717, 1.165) is 36.7 Å². The van der Waals surface area contributed by atoms with E-state index in [1.165, 1.54) is 0 Å². The van der Waals surface area contributed by atoms with Gasteiger partial charge in [-0.3, -0.25) is 0 Å². The molecule has 0 radical (unpaired) electrons. The molecule has 0 saturated carbocycles. The number of aromatic nitrogens is 2. The van der Waals surface area contributed by atoms with E-state index >= 15 is 0 Å². The maximum atomic E-state index is 5.48. The second-order valence-corrected chi connectivity index (χ2v) is 4.61. The van der Waals surface area contributed by atoms with Gasteiger partial charge in [0, 0.05) is 12.1 Å². The third-order valence-electron chi connectivity index (χ3n) is 3.25. The molecule has 0 amide bonds. The van der Waals surface area contributed by atoms with Gasteiger partial charge < -0.3 is 14.6 Å². The number of hydrogen-bond donors (Lipinski definition) is 1. The zero-order valence-electron chi connectivity index (χ0n) is 10.9. The van der Waals surface area contributed by atoms with Gasteiger partial charge in [0.05, 0.1) is 12.5 Å². The van der Waals surface area contributed by atoms with Gasteiger partial charge in [0.25, 0.3) is 0 Å². The van der Waals surface area contributed by atoms with Crippen LogP contribution in [0.2, 0.25) is 0 Å². The van der Waals surface area contributed by atoms with Crippen molar-refractivity contribution in [2.24, 2.45) is 0 Å². The molecule has 19 heavy (non-hydrogen) atoms.